The van der Waals surface area contributed by atoms with E-state index in [1.807, 2.05) is 27.7 Å². The molecule has 1 rings (SSSR count). The third kappa shape index (κ3) is 3.94. The van der Waals surface area contributed by atoms with E-state index in [1.54, 1.807) is 4.90 Å². The average Bonchev–Trinajstić information content (AvgIpc) is 2.25. The SMILES string of the molecule is C#CC(C)C1COCCN1C(=O)OC(C)(C)C. The van der Waals surface area contributed by atoms with Crippen LogP contribution in [0, 0.1) is 18.3 Å². The molecule has 4 heteroatoms. The minimum atomic E-state index is -0.487. The number of amides is 1. The van der Waals surface area contributed by atoms with E-state index in [0.717, 1.165) is 0 Å². The van der Waals surface area contributed by atoms with Crippen molar-refractivity contribution in [2.24, 2.45) is 5.92 Å². The molecule has 4 nitrogen and oxygen atoms in total. The number of hydrogen-bond donors (Lipinski definition) is 0. The molecule has 0 aliphatic carbocycles. The molecule has 0 aromatic heterocycles. The van der Waals surface area contributed by atoms with Gasteiger partial charge in [-0.25, -0.2) is 4.79 Å². The summed E-state index contributed by atoms with van der Waals surface area (Å²) in [7, 11) is 0. The summed E-state index contributed by atoms with van der Waals surface area (Å²) in [5, 5.41) is 0. The molecule has 0 bridgehead atoms. The minimum absolute atomic E-state index is 0.0391. The average molecular weight is 239 g/mol. The van der Waals surface area contributed by atoms with Crippen molar-refractivity contribution in [2.45, 2.75) is 39.3 Å². The molecule has 0 aromatic rings. The Bertz CT molecular complexity index is 314. The summed E-state index contributed by atoms with van der Waals surface area (Å²) in [5.41, 5.74) is -0.487. The second kappa shape index (κ2) is 5.42. The Balaban J connectivity index is 2.72. The first-order valence-electron chi connectivity index (χ1n) is 5.88. The summed E-state index contributed by atoms with van der Waals surface area (Å²) in [6.07, 6.45) is 5.10. The van der Waals surface area contributed by atoms with Gasteiger partial charge in [-0.05, 0) is 27.7 Å². The molecule has 0 radical (unpaired) electrons. The van der Waals surface area contributed by atoms with Gasteiger partial charge < -0.3 is 9.47 Å². The monoisotopic (exact) mass is 239 g/mol. The Labute approximate surface area is 103 Å². The van der Waals surface area contributed by atoms with Gasteiger partial charge in [-0.3, -0.25) is 4.90 Å². The maximum absolute atomic E-state index is 12.0. The number of carbonyl (C=O) groups excluding carboxylic acids is 1. The number of morpholine rings is 1. The van der Waals surface area contributed by atoms with Crippen LogP contribution >= 0.6 is 0 Å². The van der Waals surface area contributed by atoms with Crippen LogP contribution in [0.4, 0.5) is 4.79 Å². The molecule has 2 atom stereocenters. The normalized spacial score (nSPS) is 22.8. The third-order valence-corrected chi connectivity index (χ3v) is 2.63. The Morgan fingerprint density at radius 3 is 2.76 bits per heavy atom. The Hall–Kier alpha value is -1.21. The minimum Gasteiger partial charge on any atom is -0.444 e. The second-order valence-corrected chi connectivity index (χ2v) is 5.27. The lowest BCUT2D eigenvalue weighted by Gasteiger charge is -2.38. The molecule has 1 saturated heterocycles. The van der Waals surface area contributed by atoms with Crippen molar-refractivity contribution >= 4 is 6.09 Å². The molecule has 0 N–H and O–H groups in total. The first-order valence-corrected chi connectivity index (χ1v) is 5.88. The maximum atomic E-state index is 12.0. The fourth-order valence-electron chi connectivity index (χ4n) is 1.70. The first-order chi connectivity index (χ1) is 7.85. The molecule has 0 saturated carbocycles. The smallest absolute Gasteiger partial charge is 0.410 e. The van der Waals surface area contributed by atoms with Crippen LogP contribution in [0.3, 0.4) is 0 Å². The molecule has 0 spiro atoms. The van der Waals surface area contributed by atoms with Crippen molar-refractivity contribution in [3.63, 3.8) is 0 Å². The number of rotatable bonds is 1. The first kappa shape index (κ1) is 13.9. The van der Waals surface area contributed by atoms with Crippen LogP contribution in [-0.2, 0) is 9.47 Å². The van der Waals surface area contributed by atoms with Gasteiger partial charge in [0, 0.05) is 12.5 Å². The van der Waals surface area contributed by atoms with Gasteiger partial charge in [0.15, 0.2) is 0 Å². The van der Waals surface area contributed by atoms with Crippen LogP contribution in [0.1, 0.15) is 27.7 Å². The van der Waals surface area contributed by atoms with Crippen LogP contribution < -0.4 is 0 Å². The highest BCUT2D eigenvalue weighted by atomic mass is 16.6. The van der Waals surface area contributed by atoms with E-state index >= 15 is 0 Å². The third-order valence-electron chi connectivity index (χ3n) is 2.63. The predicted octanol–water partition coefficient (Wildman–Crippen LogP) is 1.89. The number of hydrogen-bond acceptors (Lipinski definition) is 3. The topological polar surface area (TPSA) is 38.8 Å². The zero-order chi connectivity index (χ0) is 13.1. The van der Waals surface area contributed by atoms with Crippen LogP contribution in [0.15, 0.2) is 0 Å². The van der Waals surface area contributed by atoms with E-state index in [4.69, 9.17) is 15.9 Å². The Morgan fingerprint density at radius 2 is 2.24 bits per heavy atom. The Kier molecular flexibility index (Phi) is 4.41. The molecule has 1 aliphatic heterocycles. The summed E-state index contributed by atoms with van der Waals surface area (Å²) in [4.78, 5) is 13.7. The van der Waals surface area contributed by atoms with E-state index in [-0.39, 0.29) is 18.1 Å². The summed E-state index contributed by atoms with van der Waals surface area (Å²) in [6, 6.07) is -0.0939. The number of nitrogens with zero attached hydrogens (tertiary/aromatic N) is 1. The fraction of sp³-hybridized carbons (Fsp3) is 0.769. The number of carbonyl (C=O) groups is 1. The Morgan fingerprint density at radius 1 is 1.59 bits per heavy atom. The molecule has 0 aromatic carbocycles. The van der Waals surface area contributed by atoms with Crippen molar-refractivity contribution in [3.05, 3.63) is 0 Å². The molecular weight excluding hydrogens is 218 g/mol. The van der Waals surface area contributed by atoms with Crippen LogP contribution in [-0.4, -0.2) is 42.4 Å². The van der Waals surface area contributed by atoms with Gasteiger partial charge in [0.25, 0.3) is 0 Å². The molecule has 1 amide bonds. The lowest BCUT2D eigenvalue weighted by atomic mass is 10.0. The van der Waals surface area contributed by atoms with Crippen LogP contribution in [0.2, 0.25) is 0 Å². The molecule has 96 valence electrons. The van der Waals surface area contributed by atoms with E-state index < -0.39 is 5.60 Å². The van der Waals surface area contributed by atoms with Crippen molar-refractivity contribution in [3.8, 4) is 12.3 Å². The lowest BCUT2D eigenvalue weighted by Crippen LogP contribution is -2.52. The maximum Gasteiger partial charge on any atom is 0.410 e. The van der Waals surface area contributed by atoms with Gasteiger partial charge in [-0.1, -0.05) is 0 Å². The summed E-state index contributed by atoms with van der Waals surface area (Å²) >= 11 is 0. The summed E-state index contributed by atoms with van der Waals surface area (Å²) < 4.78 is 10.7. The standard InChI is InChI=1S/C13H21NO3/c1-6-10(2)11-9-16-8-7-14(11)12(15)17-13(3,4)5/h1,10-11H,7-9H2,2-5H3. The lowest BCUT2D eigenvalue weighted by molar-refractivity contribution is -0.0393. The molecule has 1 heterocycles. The number of terminal acetylenes is 1. The van der Waals surface area contributed by atoms with E-state index in [9.17, 15) is 4.79 Å². The molecule has 2 unspecified atom stereocenters. The molecule has 1 fully saturated rings. The zero-order valence-electron chi connectivity index (χ0n) is 11.0. The molecule has 1 aliphatic rings. The van der Waals surface area contributed by atoms with Crippen LogP contribution in [0.5, 0.6) is 0 Å². The van der Waals surface area contributed by atoms with E-state index in [1.165, 1.54) is 0 Å². The molecule has 17 heavy (non-hydrogen) atoms. The highest BCUT2D eigenvalue weighted by Crippen LogP contribution is 2.19. The highest BCUT2D eigenvalue weighted by Gasteiger charge is 2.33. The second-order valence-electron chi connectivity index (χ2n) is 5.27. The van der Waals surface area contributed by atoms with Gasteiger partial charge in [0.1, 0.15) is 5.60 Å². The summed E-state index contributed by atoms with van der Waals surface area (Å²) in [5.74, 6) is 2.61. The summed E-state index contributed by atoms with van der Waals surface area (Å²) in [6.45, 7) is 9.01. The van der Waals surface area contributed by atoms with Crippen molar-refractivity contribution in [1.82, 2.24) is 4.90 Å². The fourth-order valence-corrected chi connectivity index (χ4v) is 1.70. The van der Waals surface area contributed by atoms with Crippen molar-refractivity contribution in [1.29, 1.82) is 0 Å². The van der Waals surface area contributed by atoms with Gasteiger partial charge in [0.05, 0.1) is 19.3 Å². The highest BCUT2D eigenvalue weighted by molar-refractivity contribution is 5.68. The zero-order valence-corrected chi connectivity index (χ0v) is 11.0. The quantitative estimate of drug-likeness (QED) is 0.656. The van der Waals surface area contributed by atoms with E-state index in [0.29, 0.717) is 19.8 Å². The number of ether oxygens (including phenoxy) is 2. The van der Waals surface area contributed by atoms with Crippen molar-refractivity contribution < 1.29 is 14.3 Å². The molecular formula is C13H21NO3. The van der Waals surface area contributed by atoms with E-state index in [2.05, 4.69) is 5.92 Å². The van der Waals surface area contributed by atoms with Gasteiger partial charge in [-0.2, -0.15) is 0 Å². The predicted molar refractivity (Wildman–Crippen MR) is 65.5 cm³/mol. The van der Waals surface area contributed by atoms with Crippen molar-refractivity contribution in [2.75, 3.05) is 19.8 Å². The van der Waals surface area contributed by atoms with Crippen LogP contribution in [0.25, 0.3) is 0 Å². The largest absolute Gasteiger partial charge is 0.444 e. The van der Waals surface area contributed by atoms with Gasteiger partial charge in [-0.15, -0.1) is 12.3 Å². The van der Waals surface area contributed by atoms with Gasteiger partial charge in [0.2, 0.25) is 0 Å². The van der Waals surface area contributed by atoms with Gasteiger partial charge >= 0.3 is 6.09 Å².